The van der Waals surface area contributed by atoms with Crippen LogP contribution in [0.4, 0.5) is 0 Å². The van der Waals surface area contributed by atoms with Crippen LogP contribution in [0.5, 0.6) is 0 Å². The fraction of sp³-hybridized carbons (Fsp3) is 0.417. The van der Waals surface area contributed by atoms with Gasteiger partial charge < -0.3 is 9.40 Å². The van der Waals surface area contributed by atoms with Gasteiger partial charge in [0, 0.05) is 39.5 Å². The molecule has 218 valence electrons. The molecule has 2 fully saturated rings. The van der Waals surface area contributed by atoms with E-state index >= 15 is 0 Å². The van der Waals surface area contributed by atoms with Crippen LogP contribution >= 0.6 is 0 Å². The molecule has 0 N–H and O–H groups in total. The van der Waals surface area contributed by atoms with Crippen molar-refractivity contribution < 1.29 is 14.4 Å². The molecule has 4 aromatic rings. The molecule has 0 unspecified atom stereocenters. The number of nitrogens with zero attached hydrogens (tertiary/aromatic N) is 3. The van der Waals surface area contributed by atoms with E-state index < -0.39 is 5.54 Å². The summed E-state index contributed by atoms with van der Waals surface area (Å²) in [6.45, 7) is 8.74. The number of oxime groups is 1. The van der Waals surface area contributed by atoms with Crippen LogP contribution in [-0.2, 0) is 16.2 Å². The van der Waals surface area contributed by atoms with Gasteiger partial charge in [-0.25, -0.2) is 4.79 Å². The van der Waals surface area contributed by atoms with Gasteiger partial charge in [0.05, 0.1) is 5.71 Å². The summed E-state index contributed by atoms with van der Waals surface area (Å²) >= 11 is 0. The zero-order valence-corrected chi connectivity index (χ0v) is 25.1. The summed E-state index contributed by atoms with van der Waals surface area (Å²) in [5.74, 6) is -0.176. The van der Waals surface area contributed by atoms with E-state index in [2.05, 4.69) is 39.7 Å². The quantitative estimate of drug-likeness (QED) is 0.0996. The Kier molecular flexibility index (Phi) is 8.00. The lowest BCUT2D eigenvalue weighted by Crippen LogP contribution is -2.57. The smallest absolute Gasteiger partial charge is 0.341 e. The fourth-order valence-electron chi connectivity index (χ4n) is 7.15. The van der Waals surface area contributed by atoms with Gasteiger partial charge in [0.15, 0.2) is 5.78 Å². The lowest BCUT2D eigenvalue weighted by molar-refractivity contribution is -0.162. The van der Waals surface area contributed by atoms with Gasteiger partial charge in [0.1, 0.15) is 5.54 Å². The van der Waals surface area contributed by atoms with Crippen molar-refractivity contribution in [2.24, 2.45) is 5.16 Å². The summed E-state index contributed by atoms with van der Waals surface area (Å²) in [7, 11) is 0. The maximum Gasteiger partial charge on any atom is 0.355 e. The maximum absolute atomic E-state index is 13.6. The Morgan fingerprint density at radius 2 is 1.45 bits per heavy atom. The number of benzene rings is 3. The highest BCUT2D eigenvalue weighted by Crippen LogP contribution is 2.37. The van der Waals surface area contributed by atoms with Gasteiger partial charge in [-0.2, -0.15) is 0 Å². The second-order valence-electron chi connectivity index (χ2n) is 12.0. The van der Waals surface area contributed by atoms with Crippen molar-refractivity contribution >= 4 is 39.3 Å². The normalized spacial score (nSPS) is 17.9. The minimum absolute atomic E-state index is 0.0264. The molecule has 0 atom stereocenters. The molecular formula is C36H41N3O3. The number of fused-ring (bicyclic) bond motifs is 3. The van der Waals surface area contributed by atoms with Crippen molar-refractivity contribution in [3.63, 3.8) is 0 Å². The Hall–Kier alpha value is -3.77. The van der Waals surface area contributed by atoms with Crippen molar-refractivity contribution in [1.29, 1.82) is 0 Å². The van der Waals surface area contributed by atoms with E-state index in [-0.39, 0.29) is 11.8 Å². The van der Waals surface area contributed by atoms with Gasteiger partial charge in [0.2, 0.25) is 0 Å². The van der Waals surface area contributed by atoms with Crippen molar-refractivity contribution in [3.8, 4) is 0 Å². The van der Waals surface area contributed by atoms with Crippen molar-refractivity contribution in [3.05, 3.63) is 82.9 Å². The second-order valence-corrected chi connectivity index (χ2v) is 12.0. The van der Waals surface area contributed by atoms with Crippen molar-refractivity contribution in [1.82, 2.24) is 9.47 Å². The highest BCUT2D eigenvalue weighted by atomic mass is 16.7. The lowest BCUT2D eigenvalue weighted by atomic mass is 9.79. The van der Waals surface area contributed by atoms with Gasteiger partial charge in [-0.3, -0.25) is 9.69 Å². The first kappa shape index (κ1) is 28.4. The van der Waals surface area contributed by atoms with Crippen LogP contribution in [0.3, 0.4) is 0 Å². The Balaban J connectivity index is 1.33. The third-order valence-corrected chi connectivity index (χ3v) is 9.54. The van der Waals surface area contributed by atoms with Crippen molar-refractivity contribution in [2.45, 2.75) is 84.2 Å². The van der Waals surface area contributed by atoms with Gasteiger partial charge in [0.25, 0.3) is 0 Å². The van der Waals surface area contributed by atoms with Gasteiger partial charge in [-0.15, -0.1) is 0 Å². The Bertz CT molecular complexity index is 1670. The zero-order valence-electron chi connectivity index (χ0n) is 25.1. The number of rotatable bonds is 7. The average molecular weight is 564 g/mol. The zero-order chi connectivity index (χ0) is 29.3. The average Bonchev–Trinajstić information content (AvgIpc) is 3.36. The maximum atomic E-state index is 13.6. The molecule has 2 heterocycles. The first-order valence-corrected chi connectivity index (χ1v) is 15.6. The highest BCUT2D eigenvalue weighted by molar-refractivity contribution is 6.16. The number of hydrogen-bond donors (Lipinski definition) is 0. The summed E-state index contributed by atoms with van der Waals surface area (Å²) in [4.78, 5) is 35.2. The molecular weight excluding hydrogens is 522 g/mol. The molecule has 1 aliphatic heterocycles. The lowest BCUT2D eigenvalue weighted by Gasteiger charge is -2.45. The topological polar surface area (TPSA) is 63.9 Å². The largest absolute Gasteiger partial charge is 0.355 e. The number of likely N-dealkylation sites (tertiary alicyclic amines) is 1. The Morgan fingerprint density at radius 1 is 0.833 bits per heavy atom. The molecule has 1 saturated carbocycles. The molecule has 6 rings (SSSR count). The van der Waals surface area contributed by atoms with E-state index in [1.807, 2.05) is 56.3 Å². The molecule has 3 aromatic carbocycles. The highest BCUT2D eigenvalue weighted by Gasteiger charge is 2.46. The number of hydrogen-bond acceptors (Lipinski definition) is 5. The van der Waals surface area contributed by atoms with Crippen LogP contribution in [0.15, 0.2) is 65.8 Å². The van der Waals surface area contributed by atoms with E-state index in [1.54, 1.807) is 0 Å². The first-order chi connectivity index (χ1) is 20.4. The number of ketones is 1. The van der Waals surface area contributed by atoms with E-state index in [9.17, 15) is 9.59 Å². The number of carbonyl (C=O) groups is 2. The molecule has 6 nitrogen and oxygen atoms in total. The molecule has 6 heteroatoms. The van der Waals surface area contributed by atoms with Crippen LogP contribution in [0, 0.1) is 6.92 Å². The fourth-order valence-corrected chi connectivity index (χ4v) is 7.15. The van der Waals surface area contributed by atoms with Crippen LogP contribution < -0.4 is 0 Å². The van der Waals surface area contributed by atoms with Crippen LogP contribution in [0.1, 0.15) is 92.3 Å². The predicted molar refractivity (Wildman–Crippen MR) is 169 cm³/mol. The van der Waals surface area contributed by atoms with Crippen LogP contribution in [-0.4, -0.2) is 45.6 Å². The first-order valence-electron chi connectivity index (χ1n) is 15.6. The van der Waals surface area contributed by atoms with E-state index in [0.717, 1.165) is 96.7 Å². The Labute approximate surface area is 248 Å². The van der Waals surface area contributed by atoms with Gasteiger partial charge in [-0.05, 0) is 101 Å². The van der Waals surface area contributed by atoms with Crippen molar-refractivity contribution in [2.75, 3.05) is 13.1 Å². The standard InChI is InChI=1S/C36H41N3O3/c1-4-39-32-17-15-27(26(3)37-42-35(41)36(19-9-5-10-20-36)38-21-11-6-12-22-38)23-30(32)31-24-28(16-18-33(31)39)34(40)29-14-8-7-13-25(29)2/h7-8,13-18,23-24H,4-6,9-12,19-22H2,1-3H3/b37-26+. The third kappa shape index (κ3) is 5.06. The molecule has 1 saturated heterocycles. The molecule has 0 amide bonds. The minimum Gasteiger partial charge on any atom is -0.341 e. The summed E-state index contributed by atoms with van der Waals surface area (Å²) < 4.78 is 2.27. The number of aromatic nitrogens is 1. The van der Waals surface area contributed by atoms with Crippen LogP contribution in [0.25, 0.3) is 21.8 Å². The summed E-state index contributed by atoms with van der Waals surface area (Å²) in [5.41, 5.74) is 5.59. The molecule has 1 aliphatic carbocycles. The summed E-state index contributed by atoms with van der Waals surface area (Å²) in [5, 5.41) is 6.49. The minimum atomic E-state index is -0.541. The second kappa shape index (κ2) is 11.8. The molecule has 2 aliphatic rings. The SMILES string of the molecule is CCn1c2ccc(C(=O)c3ccccc3C)cc2c2cc(/C(C)=N/OC(=O)C3(N4CCCCC4)CCCCC3)ccc21. The third-order valence-electron chi connectivity index (χ3n) is 9.54. The van der Waals surface area contributed by atoms with E-state index in [1.165, 1.54) is 12.8 Å². The number of piperidine rings is 1. The Morgan fingerprint density at radius 3 is 2.12 bits per heavy atom. The van der Waals surface area contributed by atoms with Gasteiger partial charge >= 0.3 is 5.97 Å². The molecule has 42 heavy (non-hydrogen) atoms. The van der Waals surface area contributed by atoms with E-state index in [4.69, 9.17) is 4.84 Å². The molecule has 0 spiro atoms. The predicted octanol–water partition coefficient (Wildman–Crippen LogP) is 7.81. The monoisotopic (exact) mass is 563 g/mol. The number of carbonyl (C=O) groups excluding carboxylic acids is 2. The summed E-state index contributed by atoms with van der Waals surface area (Å²) in [6.07, 6.45) is 8.51. The molecule has 0 radical (unpaired) electrons. The summed E-state index contributed by atoms with van der Waals surface area (Å²) in [6, 6.07) is 20.0. The molecule has 0 bridgehead atoms. The van der Waals surface area contributed by atoms with Crippen LogP contribution in [0.2, 0.25) is 0 Å². The molecule has 1 aromatic heterocycles. The number of aryl methyl sites for hydroxylation is 2. The van der Waals surface area contributed by atoms with Gasteiger partial charge in [-0.1, -0.05) is 61.2 Å². The van der Waals surface area contributed by atoms with E-state index in [0.29, 0.717) is 11.3 Å².